The number of hydrogen-bond acceptors (Lipinski definition) is 6. The number of amides is 1. The lowest BCUT2D eigenvalue weighted by Crippen LogP contribution is -2.41. The molecule has 0 bridgehead atoms. The molecule has 164 valence electrons. The molecule has 4 rings (SSSR count). The van der Waals surface area contributed by atoms with Gasteiger partial charge in [-0.05, 0) is 41.0 Å². The van der Waals surface area contributed by atoms with Crippen LogP contribution in [0.1, 0.15) is 16.7 Å². The van der Waals surface area contributed by atoms with Crippen LogP contribution in [0.15, 0.2) is 83.9 Å². The van der Waals surface area contributed by atoms with E-state index in [-0.39, 0.29) is 11.9 Å². The van der Waals surface area contributed by atoms with Crippen molar-refractivity contribution in [2.75, 3.05) is 7.05 Å². The summed E-state index contributed by atoms with van der Waals surface area (Å²) in [5, 5.41) is 0. The van der Waals surface area contributed by atoms with Gasteiger partial charge in [-0.25, -0.2) is 4.99 Å². The Morgan fingerprint density at radius 3 is 2.22 bits per heavy atom. The molecule has 3 aromatic carbocycles. The van der Waals surface area contributed by atoms with Gasteiger partial charge in [0.25, 0.3) is 16.0 Å². The summed E-state index contributed by atoms with van der Waals surface area (Å²) in [6.07, 6.45) is 0. The lowest BCUT2D eigenvalue weighted by Gasteiger charge is -2.26. The normalized spacial score (nSPS) is 18.5. The summed E-state index contributed by atoms with van der Waals surface area (Å²) in [5.74, 6) is 0.346. The minimum Gasteiger partial charge on any atom is -0.457 e. The maximum absolute atomic E-state index is 13.4. The van der Waals surface area contributed by atoms with Gasteiger partial charge in [-0.15, -0.1) is 0 Å². The third-order valence-corrected chi connectivity index (χ3v) is 5.89. The quantitative estimate of drug-likeness (QED) is 0.556. The topological polar surface area (TPSA) is 122 Å². The molecule has 0 aliphatic carbocycles. The second-order valence-corrected chi connectivity index (χ2v) is 8.86. The fourth-order valence-electron chi connectivity index (χ4n) is 3.65. The molecule has 1 atom stereocenters. The van der Waals surface area contributed by atoms with E-state index in [2.05, 4.69) is 4.99 Å². The van der Waals surface area contributed by atoms with Crippen LogP contribution in [0.25, 0.3) is 0 Å². The predicted octanol–water partition coefficient (Wildman–Crippen LogP) is 2.90. The van der Waals surface area contributed by atoms with Crippen LogP contribution in [0.4, 0.5) is 0 Å². The van der Waals surface area contributed by atoms with Crippen LogP contribution in [0.3, 0.4) is 0 Å². The monoisotopic (exact) mass is 451 g/mol. The van der Waals surface area contributed by atoms with Gasteiger partial charge in [0, 0.05) is 7.05 Å². The van der Waals surface area contributed by atoms with Gasteiger partial charge in [-0.3, -0.25) is 14.2 Å². The van der Waals surface area contributed by atoms with Gasteiger partial charge in [0.2, 0.25) is 0 Å². The van der Waals surface area contributed by atoms with E-state index in [1.165, 1.54) is 17.0 Å². The van der Waals surface area contributed by atoms with Crippen LogP contribution < -0.4 is 10.5 Å². The highest BCUT2D eigenvalue weighted by atomic mass is 32.2. The molecule has 1 aliphatic rings. The summed E-state index contributed by atoms with van der Waals surface area (Å²) >= 11 is 0. The number of benzene rings is 3. The molecule has 0 saturated carbocycles. The van der Waals surface area contributed by atoms with E-state index < -0.39 is 21.4 Å². The van der Waals surface area contributed by atoms with Crippen molar-refractivity contribution >= 4 is 22.0 Å². The number of likely N-dealkylation sites (N-methyl/N-ethyl adjacent to an activating group) is 1. The van der Waals surface area contributed by atoms with Crippen molar-refractivity contribution in [1.82, 2.24) is 4.90 Å². The number of nitrogens with two attached hydrogens (primary N) is 1. The van der Waals surface area contributed by atoms with Crippen LogP contribution in [-0.4, -0.2) is 36.8 Å². The highest BCUT2D eigenvalue weighted by Crippen LogP contribution is 2.40. The molecule has 0 aromatic heterocycles. The van der Waals surface area contributed by atoms with Crippen molar-refractivity contribution in [3.05, 3.63) is 95.6 Å². The van der Waals surface area contributed by atoms with Gasteiger partial charge < -0.3 is 10.5 Å². The summed E-state index contributed by atoms with van der Waals surface area (Å²) < 4.78 is 37.4. The summed E-state index contributed by atoms with van der Waals surface area (Å²) in [4.78, 5) is 19.2. The number of guanidine groups is 1. The Labute approximate surface area is 185 Å². The third kappa shape index (κ3) is 4.08. The molecule has 1 amide bonds. The zero-order valence-corrected chi connectivity index (χ0v) is 18.0. The first kappa shape index (κ1) is 21.5. The first-order chi connectivity index (χ1) is 15.2. The zero-order chi connectivity index (χ0) is 22.9. The number of carbonyl (C=O) groups excluding carboxylic acids is 1. The fourth-order valence-corrected chi connectivity index (χ4v) is 4.26. The molecule has 1 unspecified atom stereocenters. The second-order valence-electron chi connectivity index (χ2n) is 7.41. The molecular formula is C23H21N3O5S. The van der Waals surface area contributed by atoms with E-state index in [1.54, 1.807) is 43.4 Å². The lowest BCUT2D eigenvalue weighted by atomic mass is 9.82. The molecule has 0 radical (unpaired) electrons. The molecular weight excluding hydrogens is 430 g/mol. The molecule has 8 nitrogen and oxygen atoms in total. The second kappa shape index (κ2) is 8.10. The Balaban J connectivity index is 1.79. The number of ether oxygens (including phenoxy) is 1. The molecule has 32 heavy (non-hydrogen) atoms. The molecule has 0 saturated heterocycles. The van der Waals surface area contributed by atoms with Gasteiger partial charge >= 0.3 is 0 Å². The summed E-state index contributed by atoms with van der Waals surface area (Å²) in [6.45, 7) is 0. The maximum Gasteiger partial charge on any atom is 0.269 e. The number of hydrogen-bond donors (Lipinski definition) is 2. The highest BCUT2D eigenvalue weighted by Gasteiger charge is 2.49. The molecule has 0 spiro atoms. The zero-order valence-electron chi connectivity index (χ0n) is 17.2. The third-order valence-electron chi connectivity index (χ3n) is 5.19. The summed E-state index contributed by atoms with van der Waals surface area (Å²) in [7, 11) is -2.64. The van der Waals surface area contributed by atoms with Crippen LogP contribution in [0, 0.1) is 0 Å². The van der Waals surface area contributed by atoms with E-state index in [4.69, 9.17) is 15.0 Å². The molecule has 9 heteroatoms. The Bertz CT molecular complexity index is 1290. The largest absolute Gasteiger partial charge is 0.457 e. The van der Waals surface area contributed by atoms with Crippen molar-refractivity contribution in [2.24, 2.45) is 10.7 Å². The molecule has 0 fully saturated rings. The smallest absolute Gasteiger partial charge is 0.269 e. The van der Waals surface area contributed by atoms with E-state index in [9.17, 15) is 13.2 Å². The van der Waals surface area contributed by atoms with E-state index in [0.29, 0.717) is 28.2 Å². The molecule has 1 aliphatic heterocycles. The van der Waals surface area contributed by atoms with Gasteiger partial charge in [-0.1, -0.05) is 54.6 Å². The predicted molar refractivity (Wildman–Crippen MR) is 120 cm³/mol. The average molecular weight is 452 g/mol. The van der Waals surface area contributed by atoms with Crippen molar-refractivity contribution < 1.29 is 22.5 Å². The SMILES string of the molecule is CN1C(=O)C(c2ccc(CS(=O)(=O)O)cc2)(c2cccc(Oc3ccccc3)c2)N=C1N. The number of para-hydroxylation sites is 1. The number of nitrogens with zero attached hydrogens (tertiary/aromatic N) is 2. The van der Waals surface area contributed by atoms with Crippen molar-refractivity contribution in [1.29, 1.82) is 0 Å². The average Bonchev–Trinajstić information content (AvgIpc) is 2.99. The minimum absolute atomic E-state index is 0.0615. The standard InChI is InChI=1S/C23H21N3O5S/c1-26-21(27)23(25-22(26)24,17-12-10-16(11-13-17)15-32(28,29)30)18-6-5-9-20(14-18)31-19-7-3-2-4-8-19/h2-14H,15H2,1H3,(H2,24,25)(H,28,29,30). The van der Waals surface area contributed by atoms with Crippen molar-refractivity contribution in [2.45, 2.75) is 11.3 Å². The fraction of sp³-hybridized carbons (Fsp3) is 0.130. The minimum atomic E-state index is -4.18. The van der Waals surface area contributed by atoms with Crippen LogP contribution in [0.5, 0.6) is 11.5 Å². The molecule has 3 N–H and O–H groups in total. The Morgan fingerprint density at radius 1 is 0.969 bits per heavy atom. The van der Waals surface area contributed by atoms with Crippen molar-refractivity contribution in [3.8, 4) is 11.5 Å². The van der Waals surface area contributed by atoms with Gasteiger partial charge in [-0.2, -0.15) is 8.42 Å². The highest BCUT2D eigenvalue weighted by molar-refractivity contribution is 7.85. The van der Waals surface area contributed by atoms with Crippen LogP contribution in [-0.2, 0) is 26.2 Å². The number of carbonyl (C=O) groups is 1. The Kier molecular flexibility index (Phi) is 5.45. The first-order valence-electron chi connectivity index (χ1n) is 9.70. The van der Waals surface area contributed by atoms with E-state index in [0.717, 1.165) is 0 Å². The number of rotatable bonds is 6. The summed E-state index contributed by atoms with van der Waals surface area (Å²) in [6, 6.07) is 22.6. The molecule has 3 aromatic rings. The number of aliphatic imine (C=N–C) groups is 1. The maximum atomic E-state index is 13.4. The van der Waals surface area contributed by atoms with E-state index >= 15 is 0 Å². The Hall–Kier alpha value is -3.69. The van der Waals surface area contributed by atoms with Crippen LogP contribution in [0.2, 0.25) is 0 Å². The first-order valence-corrected chi connectivity index (χ1v) is 11.3. The van der Waals surface area contributed by atoms with Gasteiger partial charge in [0.1, 0.15) is 17.3 Å². The Morgan fingerprint density at radius 2 is 1.62 bits per heavy atom. The molecule has 1 heterocycles. The van der Waals surface area contributed by atoms with E-state index in [1.807, 2.05) is 30.3 Å². The lowest BCUT2D eigenvalue weighted by molar-refractivity contribution is -0.129. The van der Waals surface area contributed by atoms with Gasteiger partial charge in [0.15, 0.2) is 11.5 Å². The van der Waals surface area contributed by atoms with Gasteiger partial charge in [0.05, 0.1) is 0 Å². The van der Waals surface area contributed by atoms with Crippen LogP contribution >= 0.6 is 0 Å². The summed E-state index contributed by atoms with van der Waals surface area (Å²) in [5.41, 5.74) is 5.98. The van der Waals surface area contributed by atoms with Crippen molar-refractivity contribution in [3.63, 3.8) is 0 Å².